The Bertz CT molecular complexity index is 1940. The molecule has 6 aromatic rings. The predicted molar refractivity (Wildman–Crippen MR) is 202 cm³/mol. The molecule has 2 saturated carbocycles. The molecule has 4 heterocycles. The van der Waals surface area contributed by atoms with E-state index >= 15 is 0 Å². The first-order valence-corrected chi connectivity index (χ1v) is 17.3. The van der Waals surface area contributed by atoms with Crippen molar-refractivity contribution in [2.75, 3.05) is 5.32 Å². The van der Waals surface area contributed by atoms with Crippen molar-refractivity contribution >= 4 is 83.5 Å². The Morgan fingerprint density at radius 1 is 0.646 bits per heavy atom. The second-order valence-corrected chi connectivity index (χ2v) is 13.4. The van der Waals surface area contributed by atoms with E-state index in [0.717, 1.165) is 62.3 Å². The van der Waals surface area contributed by atoms with E-state index in [4.69, 9.17) is 26.8 Å². The molecule has 0 unspecified atom stereocenters. The molecule has 0 saturated heterocycles. The van der Waals surface area contributed by atoms with Crippen molar-refractivity contribution in [2.45, 2.75) is 50.0 Å². The molecule has 0 bridgehead atoms. The number of anilines is 1. The maximum Gasteiger partial charge on any atom is 0.228 e. The van der Waals surface area contributed by atoms with Gasteiger partial charge in [0.25, 0.3) is 0 Å². The molecule has 0 spiro atoms. The quantitative estimate of drug-likeness (QED) is 0.160. The highest BCUT2D eigenvalue weighted by atomic mass is 79.9. The molecule has 8 rings (SSSR count). The molecule has 12 heteroatoms. The third kappa shape index (κ3) is 9.76. The Morgan fingerprint density at radius 2 is 1.17 bits per heavy atom. The summed E-state index contributed by atoms with van der Waals surface area (Å²) in [6.45, 7) is 0. The van der Waals surface area contributed by atoms with Crippen LogP contribution in [0.25, 0.3) is 21.8 Å². The van der Waals surface area contributed by atoms with Crippen LogP contribution in [0.2, 0.25) is 5.15 Å². The van der Waals surface area contributed by atoms with Gasteiger partial charge in [-0.2, -0.15) is 0 Å². The molecule has 4 aromatic heterocycles. The molecule has 248 valence electrons. The Balaban J connectivity index is 0.000000153. The second-order valence-electron chi connectivity index (χ2n) is 11.3. The SMILES string of the molecule is Brc1cccnc1OC1CC(Nc2ccc3ccccc3n2)C1.Cl.Clc1ccc2ccccc2n1.NC1CC(Oc2ncccc2Br)C1. The van der Waals surface area contributed by atoms with E-state index in [-0.39, 0.29) is 24.6 Å². The van der Waals surface area contributed by atoms with Gasteiger partial charge in [0.2, 0.25) is 11.8 Å². The number of hydrogen-bond donors (Lipinski definition) is 2. The molecule has 2 fully saturated rings. The van der Waals surface area contributed by atoms with Gasteiger partial charge < -0.3 is 20.5 Å². The number of aromatic nitrogens is 4. The summed E-state index contributed by atoms with van der Waals surface area (Å²) in [6.07, 6.45) is 7.70. The van der Waals surface area contributed by atoms with E-state index in [1.165, 1.54) is 0 Å². The van der Waals surface area contributed by atoms with Crippen molar-refractivity contribution in [1.29, 1.82) is 0 Å². The van der Waals surface area contributed by atoms with Crippen molar-refractivity contribution in [2.24, 2.45) is 5.73 Å². The fraction of sp³-hybridized carbons (Fsp3) is 0.222. The van der Waals surface area contributed by atoms with Crippen LogP contribution in [0.15, 0.2) is 118 Å². The third-order valence-electron chi connectivity index (χ3n) is 7.75. The first-order chi connectivity index (χ1) is 22.9. The minimum atomic E-state index is 0. The van der Waals surface area contributed by atoms with Crippen LogP contribution in [0, 0.1) is 0 Å². The van der Waals surface area contributed by atoms with Gasteiger partial charge in [0.05, 0.1) is 20.0 Å². The third-order valence-corrected chi connectivity index (χ3v) is 9.16. The molecular weight excluding hydrogens is 779 g/mol. The zero-order chi connectivity index (χ0) is 32.6. The van der Waals surface area contributed by atoms with Crippen LogP contribution in [0.5, 0.6) is 11.8 Å². The van der Waals surface area contributed by atoms with Crippen LogP contribution in [0.1, 0.15) is 25.7 Å². The summed E-state index contributed by atoms with van der Waals surface area (Å²) in [5, 5.41) is 6.30. The molecule has 48 heavy (non-hydrogen) atoms. The Kier molecular flexibility index (Phi) is 12.8. The minimum Gasteiger partial charge on any atom is -0.473 e. The van der Waals surface area contributed by atoms with Crippen molar-refractivity contribution < 1.29 is 9.47 Å². The van der Waals surface area contributed by atoms with Gasteiger partial charge in [0, 0.05) is 48.1 Å². The van der Waals surface area contributed by atoms with E-state index in [9.17, 15) is 0 Å². The summed E-state index contributed by atoms with van der Waals surface area (Å²) in [6, 6.07) is 32.2. The summed E-state index contributed by atoms with van der Waals surface area (Å²) >= 11 is 12.5. The summed E-state index contributed by atoms with van der Waals surface area (Å²) in [4.78, 5) is 17.1. The molecule has 0 aliphatic heterocycles. The van der Waals surface area contributed by atoms with E-state index in [1.54, 1.807) is 18.5 Å². The summed E-state index contributed by atoms with van der Waals surface area (Å²) in [5.41, 5.74) is 7.61. The molecule has 0 amide bonds. The molecular formula is C36H34Br2Cl2N6O2. The lowest BCUT2D eigenvalue weighted by Gasteiger charge is -2.35. The smallest absolute Gasteiger partial charge is 0.228 e. The Hall–Kier alpha value is -3.54. The lowest BCUT2D eigenvalue weighted by Crippen LogP contribution is -2.43. The number of pyridine rings is 4. The molecule has 0 atom stereocenters. The van der Waals surface area contributed by atoms with Crippen LogP contribution in [-0.2, 0) is 0 Å². The number of benzene rings is 2. The highest BCUT2D eigenvalue weighted by Crippen LogP contribution is 2.31. The monoisotopic (exact) mass is 810 g/mol. The largest absolute Gasteiger partial charge is 0.473 e. The molecule has 0 radical (unpaired) electrons. The number of ether oxygens (including phenoxy) is 2. The lowest BCUT2D eigenvalue weighted by molar-refractivity contribution is 0.0949. The van der Waals surface area contributed by atoms with Crippen molar-refractivity contribution in [3.05, 3.63) is 124 Å². The average molecular weight is 813 g/mol. The van der Waals surface area contributed by atoms with Gasteiger partial charge in [-0.1, -0.05) is 48.0 Å². The number of nitrogens with two attached hydrogens (primary N) is 1. The van der Waals surface area contributed by atoms with Gasteiger partial charge in [0.1, 0.15) is 23.2 Å². The van der Waals surface area contributed by atoms with E-state index in [2.05, 4.69) is 69.2 Å². The van der Waals surface area contributed by atoms with Crippen molar-refractivity contribution in [3.8, 4) is 11.8 Å². The van der Waals surface area contributed by atoms with Crippen LogP contribution in [0.3, 0.4) is 0 Å². The number of rotatable bonds is 6. The van der Waals surface area contributed by atoms with Gasteiger partial charge in [-0.15, -0.1) is 12.4 Å². The van der Waals surface area contributed by atoms with Crippen LogP contribution < -0.4 is 20.5 Å². The Labute approximate surface area is 307 Å². The van der Waals surface area contributed by atoms with Crippen molar-refractivity contribution in [3.63, 3.8) is 0 Å². The Morgan fingerprint density at radius 3 is 1.73 bits per heavy atom. The van der Waals surface area contributed by atoms with E-state index in [0.29, 0.717) is 29.0 Å². The number of fused-ring (bicyclic) bond motifs is 2. The van der Waals surface area contributed by atoms with Gasteiger partial charge in [-0.05, 0) is 105 Å². The molecule has 2 aromatic carbocycles. The first-order valence-electron chi connectivity index (χ1n) is 15.3. The minimum absolute atomic E-state index is 0. The topological polar surface area (TPSA) is 108 Å². The zero-order valence-corrected chi connectivity index (χ0v) is 30.5. The van der Waals surface area contributed by atoms with E-state index < -0.39 is 0 Å². The molecule has 3 N–H and O–H groups in total. The molecule has 2 aliphatic rings. The van der Waals surface area contributed by atoms with Crippen LogP contribution in [0.4, 0.5) is 5.82 Å². The van der Waals surface area contributed by atoms with Crippen LogP contribution >= 0.6 is 55.9 Å². The molecule has 8 nitrogen and oxygen atoms in total. The average Bonchev–Trinajstić information content (AvgIpc) is 3.05. The standard InChI is InChI=1S/C18H16BrN3O.C9H11BrN2O.C9H6ClN.ClH/c19-15-5-3-9-20-18(15)23-14-10-13(11-14)21-17-8-7-12-4-1-2-6-16(12)22-17;10-8-2-1-3-12-9(8)13-7-4-6(11)5-7;10-9-6-5-7-3-1-2-4-8(7)11-9;/h1-9,13-14H,10-11H2,(H,21,22);1-3,6-7H,4-5,11H2;1-6H;1H. The summed E-state index contributed by atoms with van der Waals surface area (Å²) in [7, 11) is 0. The van der Waals surface area contributed by atoms with Gasteiger partial charge in [-0.25, -0.2) is 19.9 Å². The van der Waals surface area contributed by atoms with Gasteiger partial charge in [0.15, 0.2) is 0 Å². The number of nitrogens with zero attached hydrogens (tertiary/aromatic N) is 4. The second kappa shape index (κ2) is 17.2. The highest BCUT2D eigenvalue weighted by Gasteiger charge is 2.32. The first kappa shape index (κ1) is 35.8. The number of hydrogen-bond acceptors (Lipinski definition) is 8. The predicted octanol–water partition coefficient (Wildman–Crippen LogP) is 9.44. The van der Waals surface area contributed by atoms with Crippen LogP contribution in [-0.4, -0.2) is 44.2 Å². The summed E-state index contributed by atoms with van der Waals surface area (Å²) in [5.74, 6) is 2.25. The fourth-order valence-electron chi connectivity index (χ4n) is 5.11. The summed E-state index contributed by atoms with van der Waals surface area (Å²) < 4.78 is 13.3. The van der Waals surface area contributed by atoms with Crippen molar-refractivity contribution in [1.82, 2.24) is 19.9 Å². The van der Waals surface area contributed by atoms with Gasteiger partial charge in [-0.3, -0.25) is 0 Å². The van der Waals surface area contributed by atoms with Gasteiger partial charge >= 0.3 is 0 Å². The maximum absolute atomic E-state index is 5.90. The maximum atomic E-state index is 5.90. The van der Waals surface area contributed by atoms with E-state index in [1.807, 2.05) is 78.9 Å². The molecule has 2 aliphatic carbocycles. The zero-order valence-electron chi connectivity index (χ0n) is 25.8. The lowest BCUT2D eigenvalue weighted by atomic mass is 9.89. The highest BCUT2D eigenvalue weighted by molar-refractivity contribution is 9.10. The number of halogens is 4. The number of para-hydroxylation sites is 2. The number of nitrogens with one attached hydrogen (secondary N) is 1. The fourth-order valence-corrected chi connectivity index (χ4v) is 5.96. The normalized spacial score (nSPS) is 19.2.